The molecule has 96 valence electrons. The number of nitrogens with zero attached hydrogens (tertiary/aromatic N) is 3. The quantitative estimate of drug-likeness (QED) is 0.797. The Hall–Kier alpha value is -2.11. The second-order valence-corrected chi connectivity index (χ2v) is 4.32. The van der Waals surface area contributed by atoms with Gasteiger partial charge < -0.3 is 10.5 Å². The highest BCUT2D eigenvalue weighted by Gasteiger charge is 2.10. The van der Waals surface area contributed by atoms with Gasteiger partial charge in [-0.2, -0.15) is 5.10 Å². The Kier molecular flexibility index (Phi) is 3.06. The highest BCUT2D eigenvalue weighted by molar-refractivity contribution is 6.31. The molecule has 3 aromatic rings. The third kappa shape index (κ3) is 2.14. The van der Waals surface area contributed by atoms with Crippen LogP contribution < -0.4 is 10.5 Å². The molecule has 0 saturated heterocycles. The monoisotopic (exact) mass is 274 g/mol. The number of hydrogen-bond acceptors (Lipinski definition) is 4. The number of rotatable bonds is 3. The molecule has 0 atom stereocenters. The maximum Gasteiger partial charge on any atom is 0.245 e. The first-order valence-corrected chi connectivity index (χ1v) is 6.11. The predicted molar refractivity (Wildman–Crippen MR) is 72.4 cm³/mol. The average molecular weight is 275 g/mol. The van der Waals surface area contributed by atoms with Crippen molar-refractivity contribution in [3.8, 4) is 11.6 Å². The normalized spacial score (nSPS) is 10.8. The van der Waals surface area contributed by atoms with Crippen molar-refractivity contribution in [2.24, 2.45) is 5.73 Å². The van der Waals surface area contributed by atoms with Gasteiger partial charge in [-0.15, -0.1) is 0 Å². The van der Waals surface area contributed by atoms with Gasteiger partial charge in [-0.1, -0.05) is 17.7 Å². The Morgan fingerprint density at radius 2 is 2.16 bits per heavy atom. The lowest BCUT2D eigenvalue weighted by Gasteiger charge is -2.11. The van der Waals surface area contributed by atoms with Crippen LogP contribution in [0, 0.1) is 0 Å². The summed E-state index contributed by atoms with van der Waals surface area (Å²) in [6.07, 6.45) is 5.07. The highest BCUT2D eigenvalue weighted by Crippen LogP contribution is 2.30. The van der Waals surface area contributed by atoms with Crippen molar-refractivity contribution < 1.29 is 4.74 Å². The van der Waals surface area contributed by atoms with Crippen molar-refractivity contribution in [1.29, 1.82) is 0 Å². The maximum atomic E-state index is 6.09. The van der Waals surface area contributed by atoms with E-state index >= 15 is 0 Å². The van der Waals surface area contributed by atoms with Gasteiger partial charge in [0.2, 0.25) is 5.88 Å². The zero-order valence-electron chi connectivity index (χ0n) is 9.95. The number of hydrogen-bond donors (Lipinski definition) is 1. The summed E-state index contributed by atoms with van der Waals surface area (Å²) in [5.41, 5.74) is 7.24. The van der Waals surface area contributed by atoms with E-state index in [0.29, 0.717) is 23.2 Å². The molecular weight excluding hydrogens is 264 g/mol. The molecule has 0 aliphatic heterocycles. The van der Waals surface area contributed by atoms with Crippen LogP contribution in [0.4, 0.5) is 0 Å². The van der Waals surface area contributed by atoms with Crippen LogP contribution in [0.25, 0.3) is 5.52 Å². The number of aromatic nitrogens is 3. The van der Waals surface area contributed by atoms with E-state index in [4.69, 9.17) is 22.1 Å². The summed E-state index contributed by atoms with van der Waals surface area (Å²) in [6.45, 7) is 0.303. The van der Waals surface area contributed by atoms with E-state index in [1.807, 2.05) is 18.2 Å². The molecule has 0 aliphatic rings. The van der Waals surface area contributed by atoms with Crippen molar-refractivity contribution >= 4 is 17.1 Å². The van der Waals surface area contributed by atoms with Gasteiger partial charge in [0.25, 0.3) is 0 Å². The van der Waals surface area contributed by atoms with Gasteiger partial charge in [0.05, 0.1) is 6.20 Å². The summed E-state index contributed by atoms with van der Waals surface area (Å²) in [5.74, 6) is 1.08. The second kappa shape index (κ2) is 4.87. The van der Waals surface area contributed by atoms with E-state index in [2.05, 4.69) is 10.1 Å². The van der Waals surface area contributed by atoms with E-state index in [0.717, 1.165) is 11.1 Å². The summed E-state index contributed by atoms with van der Waals surface area (Å²) < 4.78 is 7.51. The average Bonchev–Trinajstić information content (AvgIpc) is 2.88. The van der Waals surface area contributed by atoms with Crippen molar-refractivity contribution in [3.63, 3.8) is 0 Å². The smallest absolute Gasteiger partial charge is 0.245 e. The minimum absolute atomic E-state index is 0.303. The number of benzene rings is 1. The van der Waals surface area contributed by atoms with E-state index < -0.39 is 0 Å². The molecule has 0 aliphatic carbocycles. The molecule has 0 saturated carbocycles. The Bertz CT molecular complexity index is 725. The number of fused-ring (bicyclic) bond motifs is 1. The first-order valence-electron chi connectivity index (χ1n) is 5.73. The molecule has 6 heteroatoms. The van der Waals surface area contributed by atoms with E-state index in [1.54, 1.807) is 29.2 Å². The molecule has 2 heterocycles. The fourth-order valence-electron chi connectivity index (χ4n) is 1.85. The molecule has 0 unspecified atom stereocenters. The Morgan fingerprint density at radius 3 is 3.00 bits per heavy atom. The molecule has 0 amide bonds. The molecule has 2 aromatic heterocycles. The molecule has 0 radical (unpaired) electrons. The second-order valence-electron chi connectivity index (χ2n) is 3.92. The minimum Gasteiger partial charge on any atom is -0.437 e. The summed E-state index contributed by atoms with van der Waals surface area (Å²) >= 11 is 6.09. The first-order chi connectivity index (χ1) is 9.29. The zero-order valence-corrected chi connectivity index (χ0v) is 10.7. The summed E-state index contributed by atoms with van der Waals surface area (Å²) in [7, 11) is 0. The molecule has 0 fully saturated rings. The fraction of sp³-hybridized carbons (Fsp3) is 0.0769. The first kappa shape index (κ1) is 12.0. The van der Waals surface area contributed by atoms with Gasteiger partial charge in [-0.3, -0.25) is 0 Å². The van der Waals surface area contributed by atoms with Gasteiger partial charge in [0, 0.05) is 29.5 Å². The van der Waals surface area contributed by atoms with Crippen molar-refractivity contribution in [1.82, 2.24) is 14.6 Å². The van der Waals surface area contributed by atoms with Crippen molar-refractivity contribution in [2.45, 2.75) is 6.54 Å². The minimum atomic E-state index is 0.303. The Balaban J connectivity index is 2.06. The SMILES string of the molecule is NCc1c(Cl)cccc1Oc1nccn2nccc12. The van der Waals surface area contributed by atoms with Crippen LogP contribution in [-0.2, 0) is 6.54 Å². The van der Waals surface area contributed by atoms with Gasteiger partial charge >= 0.3 is 0 Å². The van der Waals surface area contributed by atoms with Crippen LogP contribution in [0.1, 0.15) is 5.56 Å². The van der Waals surface area contributed by atoms with Crippen molar-refractivity contribution in [2.75, 3.05) is 0 Å². The standard InChI is InChI=1S/C13H11ClN4O/c14-10-2-1-3-12(9(10)8-15)19-13-11-4-5-17-18(11)7-6-16-13/h1-7H,8,15H2. The lowest BCUT2D eigenvalue weighted by Crippen LogP contribution is -2.01. The van der Waals surface area contributed by atoms with Gasteiger partial charge in [-0.05, 0) is 18.2 Å². The van der Waals surface area contributed by atoms with E-state index in [9.17, 15) is 0 Å². The molecule has 1 aromatic carbocycles. The van der Waals surface area contributed by atoms with Gasteiger partial charge in [0.1, 0.15) is 11.3 Å². The Labute approximate surface area is 114 Å². The topological polar surface area (TPSA) is 65.4 Å². The number of ether oxygens (including phenoxy) is 1. The molecule has 0 bridgehead atoms. The largest absolute Gasteiger partial charge is 0.437 e. The van der Waals surface area contributed by atoms with Crippen LogP contribution in [0.2, 0.25) is 5.02 Å². The van der Waals surface area contributed by atoms with E-state index in [1.165, 1.54) is 0 Å². The number of nitrogens with two attached hydrogens (primary N) is 1. The number of halogens is 1. The van der Waals surface area contributed by atoms with Crippen LogP contribution in [-0.4, -0.2) is 14.6 Å². The summed E-state index contributed by atoms with van der Waals surface area (Å²) in [6, 6.07) is 7.24. The maximum absolute atomic E-state index is 6.09. The van der Waals surface area contributed by atoms with E-state index in [-0.39, 0.29) is 0 Å². The third-order valence-corrected chi connectivity index (χ3v) is 3.13. The molecule has 2 N–H and O–H groups in total. The van der Waals surface area contributed by atoms with Crippen LogP contribution in [0.5, 0.6) is 11.6 Å². The fourth-order valence-corrected chi connectivity index (χ4v) is 2.09. The molecular formula is C13H11ClN4O. The Morgan fingerprint density at radius 1 is 1.26 bits per heavy atom. The molecule has 19 heavy (non-hydrogen) atoms. The van der Waals surface area contributed by atoms with Gasteiger partial charge in [0.15, 0.2) is 0 Å². The zero-order chi connectivity index (χ0) is 13.2. The highest BCUT2D eigenvalue weighted by atomic mass is 35.5. The molecule has 3 rings (SSSR count). The van der Waals surface area contributed by atoms with Crippen LogP contribution in [0.15, 0.2) is 42.9 Å². The molecule has 5 nitrogen and oxygen atoms in total. The van der Waals surface area contributed by atoms with Crippen LogP contribution >= 0.6 is 11.6 Å². The summed E-state index contributed by atoms with van der Waals surface area (Å²) in [5, 5.41) is 4.71. The van der Waals surface area contributed by atoms with Crippen LogP contribution in [0.3, 0.4) is 0 Å². The lowest BCUT2D eigenvalue weighted by atomic mass is 10.2. The van der Waals surface area contributed by atoms with Gasteiger partial charge in [-0.25, -0.2) is 9.50 Å². The lowest BCUT2D eigenvalue weighted by molar-refractivity contribution is 0.460. The molecule has 0 spiro atoms. The van der Waals surface area contributed by atoms with Crippen molar-refractivity contribution in [3.05, 3.63) is 53.4 Å². The summed E-state index contributed by atoms with van der Waals surface area (Å²) in [4.78, 5) is 4.21. The third-order valence-electron chi connectivity index (χ3n) is 2.78. The predicted octanol–water partition coefficient (Wildman–Crippen LogP) is 2.63.